The molecule has 0 spiro atoms. The van der Waals surface area contributed by atoms with E-state index in [4.69, 9.17) is 9.47 Å². The fourth-order valence-corrected chi connectivity index (χ4v) is 2.55. The van der Waals surface area contributed by atoms with Gasteiger partial charge >= 0.3 is 6.16 Å². The van der Waals surface area contributed by atoms with Crippen LogP contribution in [0.1, 0.15) is 52.7 Å². The van der Waals surface area contributed by atoms with E-state index in [0.29, 0.717) is 11.5 Å². The van der Waals surface area contributed by atoms with Crippen molar-refractivity contribution in [2.75, 3.05) is 0 Å². The molecule has 0 fully saturated rings. The molecule has 3 heteroatoms. The highest BCUT2D eigenvalue weighted by atomic mass is 16.7. The van der Waals surface area contributed by atoms with Crippen molar-refractivity contribution in [1.29, 1.82) is 0 Å². The topological polar surface area (TPSA) is 35.5 Å². The Morgan fingerprint density at radius 1 is 0.667 bits per heavy atom. The van der Waals surface area contributed by atoms with Gasteiger partial charge in [0.2, 0.25) is 0 Å². The number of benzene rings is 2. The van der Waals surface area contributed by atoms with Gasteiger partial charge in [-0.1, -0.05) is 77.9 Å². The van der Waals surface area contributed by atoms with Crippen molar-refractivity contribution in [1.82, 2.24) is 0 Å². The van der Waals surface area contributed by atoms with Crippen LogP contribution in [0.3, 0.4) is 0 Å². The third-order valence-corrected chi connectivity index (χ3v) is 3.78. The summed E-state index contributed by atoms with van der Waals surface area (Å²) in [4.78, 5) is 12.3. The Hall–Kier alpha value is -2.29. The zero-order valence-corrected chi connectivity index (χ0v) is 15.3. The van der Waals surface area contributed by atoms with Crippen LogP contribution in [0.2, 0.25) is 0 Å². The minimum absolute atomic E-state index is 0.125. The molecule has 128 valence electrons. The molecule has 0 aliphatic rings. The lowest BCUT2D eigenvalue weighted by Crippen LogP contribution is -2.20. The molecule has 0 bridgehead atoms. The van der Waals surface area contributed by atoms with Gasteiger partial charge < -0.3 is 9.47 Å². The highest BCUT2D eigenvalue weighted by molar-refractivity contribution is 5.68. The summed E-state index contributed by atoms with van der Waals surface area (Å²) in [6.45, 7) is 12.5. The van der Waals surface area contributed by atoms with Crippen molar-refractivity contribution in [3.8, 4) is 11.5 Å². The van der Waals surface area contributed by atoms with E-state index in [1.165, 1.54) is 0 Å². The Bertz CT molecular complexity index is 657. The number of rotatable bonds is 2. The lowest BCUT2D eigenvalue weighted by Gasteiger charge is -2.23. The summed E-state index contributed by atoms with van der Waals surface area (Å²) in [5.74, 6) is 1.06. The monoisotopic (exact) mass is 326 g/mol. The smallest absolute Gasteiger partial charge is 0.394 e. The van der Waals surface area contributed by atoms with Gasteiger partial charge in [0.15, 0.2) is 0 Å². The molecular weight excluding hydrogens is 300 g/mol. The van der Waals surface area contributed by atoms with Gasteiger partial charge in [-0.15, -0.1) is 0 Å². The largest absolute Gasteiger partial charge is 0.519 e. The van der Waals surface area contributed by atoms with Crippen LogP contribution in [0.5, 0.6) is 11.5 Å². The first-order valence-electron chi connectivity index (χ1n) is 8.18. The fraction of sp³-hybridized carbons (Fsp3) is 0.381. The fourth-order valence-electron chi connectivity index (χ4n) is 2.55. The van der Waals surface area contributed by atoms with Crippen LogP contribution in [-0.4, -0.2) is 6.16 Å². The molecule has 0 aliphatic carbocycles. The second-order valence-corrected chi connectivity index (χ2v) is 7.95. The van der Waals surface area contributed by atoms with E-state index in [-0.39, 0.29) is 10.8 Å². The summed E-state index contributed by atoms with van der Waals surface area (Å²) in [6.07, 6.45) is -0.719. The van der Waals surface area contributed by atoms with Crippen molar-refractivity contribution in [2.45, 2.75) is 52.4 Å². The molecule has 0 unspecified atom stereocenters. The van der Waals surface area contributed by atoms with E-state index >= 15 is 0 Å². The van der Waals surface area contributed by atoms with Gasteiger partial charge in [0.25, 0.3) is 0 Å². The summed E-state index contributed by atoms with van der Waals surface area (Å²) in [5.41, 5.74) is 1.68. The van der Waals surface area contributed by atoms with Crippen LogP contribution in [0.25, 0.3) is 0 Å². The van der Waals surface area contributed by atoms with Gasteiger partial charge in [-0.05, 0) is 23.0 Å². The third kappa shape index (κ3) is 4.38. The molecule has 0 amide bonds. The van der Waals surface area contributed by atoms with Crippen molar-refractivity contribution in [3.05, 3.63) is 59.7 Å². The Morgan fingerprint density at radius 3 is 1.33 bits per heavy atom. The second-order valence-electron chi connectivity index (χ2n) is 7.95. The van der Waals surface area contributed by atoms with Crippen LogP contribution >= 0.6 is 0 Å². The molecule has 3 nitrogen and oxygen atoms in total. The quantitative estimate of drug-likeness (QED) is 0.512. The minimum Gasteiger partial charge on any atom is -0.394 e. The Kier molecular flexibility index (Phi) is 5.02. The summed E-state index contributed by atoms with van der Waals surface area (Å²) < 4.78 is 11.0. The maximum absolute atomic E-state index is 12.3. The number of ether oxygens (including phenoxy) is 2. The molecule has 0 radical (unpaired) electrons. The minimum atomic E-state index is -0.719. The molecule has 24 heavy (non-hydrogen) atoms. The lowest BCUT2D eigenvalue weighted by atomic mass is 9.86. The van der Waals surface area contributed by atoms with Crippen molar-refractivity contribution < 1.29 is 14.3 Å². The molecular formula is C21H26O3. The lowest BCUT2D eigenvalue weighted by molar-refractivity contribution is 0.150. The molecule has 0 N–H and O–H groups in total. The van der Waals surface area contributed by atoms with E-state index in [2.05, 4.69) is 41.5 Å². The van der Waals surface area contributed by atoms with Gasteiger partial charge in [-0.25, -0.2) is 4.79 Å². The Morgan fingerprint density at radius 2 is 1.00 bits per heavy atom. The molecule has 0 saturated carbocycles. The maximum atomic E-state index is 12.3. The van der Waals surface area contributed by atoms with Gasteiger partial charge in [0.1, 0.15) is 11.5 Å². The first kappa shape index (κ1) is 18.1. The SMILES string of the molecule is CC(C)(C)c1ccccc1OC(=O)Oc1ccccc1C(C)(C)C. The van der Waals surface area contributed by atoms with E-state index in [1.807, 2.05) is 36.4 Å². The summed E-state index contributed by atoms with van der Waals surface area (Å²) in [6, 6.07) is 15.1. The highest BCUT2D eigenvalue weighted by Gasteiger charge is 2.23. The van der Waals surface area contributed by atoms with Crippen LogP contribution in [0.4, 0.5) is 4.79 Å². The van der Waals surface area contributed by atoms with E-state index in [9.17, 15) is 4.79 Å². The van der Waals surface area contributed by atoms with E-state index in [0.717, 1.165) is 11.1 Å². The predicted octanol–water partition coefficient (Wildman–Crippen LogP) is 5.86. The molecule has 0 aromatic heterocycles. The number of hydrogen-bond donors (Lipinski definition) is 0. The average Bonchev–Trinajstić information content (AvgIpc) is 2.46. The first-order chi connectivity index (χ1) is 11.1. The number of carbonyl (C=O) groups is 1. The highest BCUT2D eigenvalue weighted by Crippen LogP contribution is 2.33. The Balaban J connectivity index is 2.22. The first-order valence-corrected chi connectivity index (χ1v) is 8.18. The molecule has 0 saturated heterocycles. The maximum Gasteiger partial charge on any atom is 0.519 e. The molecule has 0 aliphatic heterocycles. The van der Waals surface area contributed by atoms with Crippen LogP contribution < -0.4 is 9.47 Å². The molecule has 0 atom stereocenters. The van der Waals surface area contributed by atoms with Crippen molar-refractivity contribution >= 4 is 6.16 Å². The zero-order chi connectivity index (χ0) is 18.0. The van der Waals surface area contributed by atoms with Crippen LogP contribution in [-0.2, 0) is 10.8 Å². The molecule has 0 heterocycles. The third-order valence-electron chi connectivity index (χ3n) is 3.78. The molecule has 2 aromatic carbocycles. The van der Waals surface area contributed by atoms with Gasteiger partial charge in [0, 0.05) is 11.1 Å². The van der Waals surface area contributed by atoms with E-state index < -0.39 is 6.16 Å². The van der Waals surface area contributed by atoms with Crippen molar-refractivity contribution in [3.63, 3.8) is 0 Å². The van der Waals surface area contributed by atoms with Crippen LogP contribution in [0, 0.1) is 0 Å². The normalized spacial score (nSPS) is 11.9. The molecule has 2 rings (SSSR count). The van der Waals surface area contributed by atoms with Crippen molar-refractivity contribution in [2.24, 2.45) is 0 Å². The summed E-state index contributed by atoms with van der Waals surface area (Å²) in [7, 11) is 0. The summed E-state index contributed by atoms with van der Waals surface area (Å²) in [5, 5.41) is 0. The Labute approximate surface area is 144 Å². The van der Waals surface area contributed by atoms with Crippen LogP contribution in [0.15, 0.2) is 48.5 Å². The van der Waals surface area contributed by atoms with Gasteiger partial charge in [-0.3, -0.25) is 0 Å². The standard InChI is InChI=1S/C21H26O3/c1-20(2,3)15-11-7-9-13-17(15)23-19(22)24-18-14-10-8-12-16(18)21(4,5)6/h7-14H,1-6H3. The number of carbonyl (C=O) groups excluding carboxylic acids is 1. The van der Waals surface area contributed by atoms with E-state index in [1.54, 1.807) is 12.1 Å². The summed E-state index contributed by atoms with van der Waals surface area (Å²) >= 11 is 0. The van der Waals surface area contributed by atoms with Gasteiger partial charge in [-0.2, -0.15) is 0 Å². The number of hydrogen-bond acceptors (Lipinski definition) is 3. The average molecular weight is 326 g/mol. The number of para-hydroxylation sites is 2. The van der Waals surface area contributed by atoms with Gasteiger partial charge in [0.05, 0.1) is 0 Å². The predicted molar refractivity (Wildman–Crippen MR) is 96.9 cm³/mol. The molecule has 2 aromatic rings. The second kappa shape index (κ2) is 6.68. The zero-order valence-electron chi connectivity index (χ0n) is 15.3.